The fraction of sp³-hybridized carbons (Fsp3) is 0.286. The van der Waals surface area contributed by atoms with Crippen molar-refractivity contribution in [1.29, 1.82) is 0 Å². The minimum atomic E-state index is -3.81. The van der Waals surface area contributed by atoms with Crippen molar-refractivity contribution in [2.24, 2.45) is 0 Å². The van der Waals surface area contributed by atoms with Crippen LogP contribution in [0.15, 0.2) is 33.3 Å². The molecule has 0 atom stereocenters. The molecule has 0 aliphatic heterocycles. The van der Waals surface area contributed by atoms with E-state index in [-0.39, 0.29) is 23.6 Å². The molecule has 0 saturated heterocycles. The summed E-state index contributed by atoms with van der Waals surface area (Å²) >= 11 is 1.03. The molecule has 0 amide bonds. The number of hydrogen-bond acceptors (Lipinski definition) is 8. The molecule has 2 aromatic rings. The number of nitro benzene ring substituents is 1. The van der Waals surface area contributed by atoms with Crippen LogP contribution >= 0.6 is 11.3 Å². The molecule has 1 aromatic carbocycles. The minimum Gasteiger partial charge on any atom is -0.460 e. The molecule has 9 nitrogen and oxygen atoms in total. The Hall–Kier alpha value is -2.53. The molecule has 134 valence electrons. The van der Waals surface area contributed by atoms with Crippen LogP contribution in [0.5, 0.6) is 0 Å². The van der Waals surface area contributed by atoms with Crippen LogP contribution in [-0.2, 0) is 21.1 Å². The van der Waals surface area contributed by atoms with E-state index < -0.39 is 31.3 Å². The van der Waals surface area contributed by atoms with E-state index >= 15 is 0 Å². The maximum atomic E-state index is 12.0. The third-order valence-electron chi connectivity index (χ3n) is 3.32. The van der Waals surface area contributed by atoms with E-state index in [4.69, 9.17) is 4.74 Å². The van der Waals surface area contributed by atoms with Gasteiger partial charge in [0.1, 0.15) is 11.5 Å². The van der Waals surface area contributed by atoms with E-state index in [0.29, 0.717) is 0 Å². The molecule has 0 saturated carbocycles. The minimum absolute atomic E-state index is 0.0993. The van der Waals surface area contributed by atoms with Gasteiger partial charge < -0.3 is 4.74 Å². The van der Waals surface area contributed by atoms with E-state index in [1.54, 1.807) is 12.3 Å². The quantitative estimate of drug-likeness (QED) is 0.417. The number of carbonyl (C=O) groups excluding carboxylic acids is 1. The van der Waals surface area contributed by atoms with Gasteiger partial charge in [-0.3, -0.25) is 19.5 Å². The maximum Gasteiger partial charge on any atom is 0.338 e. The second kappa shape index (κ2) is 7.15. The van der Waals surface area contributed by atoms with Gasteiger partial charge >= 0.3 is 10.8 Å². The predicted molar refractivity (Wildman–Crippen MR) is 89.8 cm³/mol. The number of aryl methyl sites for hydroxylation is 1. The number of rotatable bonds is 6. The molecule has 0 aliphatic carbocycles. The molecule has 0 radical (unpaired) electrons. The van der Waals surface area contributed by atoms with E-state index in [2.05, 4.69) is 0 Å². The number of nitro groups is 1. The van der Waals surface area contributed by atoms with Gasteiger partial charge in [-0.25, -0.2) is 13.2 Å². The van der Waals surface area contributed by atoms with Crippen molar-refractivity contribution >= 4 is 32.8 Å². The van der Waals surface area contributed by atoms with Crippen molar-refractivity contribution in [1.82, 2.24) is 4.57 Å². The van der Waals surface area contributed by atoms with Gasteiger partial charge in [0.25, 0.3) is 5.69 Å². The molecule has 0 aliphatic rings. The molecular formula is C14H14N2O7S2. The lowest BCUT2D eigenvalue weighted by atomic mass is 10.2. The number of aromatic nitrogens is 1. The Bertz CT molecular complexity index is 989. The van der Waals surface area contributed by atoms with Crippen LogP contribution in [0.2, 0.25) is 0 Å². The van der Waals surface area contributed by atoms with Crippen LogP contribution < -0.4 is 4.87 Å². The topological polar surface area (TPSA) is 126 Å². The average molecular weight is 386 g/mol. The van der Waals surface area contributed by atoms with Gasteiger partial charge in [-0.1, -0.05) is 11.3 Å². The van der Waals surface area contributed by atoms with Crippen LogP contribution in [0.1, 0.15) is 16.1 Å². The highest BCUT2D eigenvalue weighted by Gasteiger charge is 2.24. The first-order valence-corrected chi connectivity index (χ1v) is 9.69. The van der Waals surface area contributed by atoms with Crippen molar-refractivity contribution in [2.75, 3.05) is 12.9 Å². The van der Waals surface area contributed by atoms with E-state index in [0.717, 1.165) is 41.5 Å². The zero-order valence-electron chi connectivity index (χ0n) is 13.3. The van der Waals surface area contributed by atoms with Crippen LogP contribution in [0.4, 0.5) is 5.69 Å². The lowest BCUT2D eigenvalue weighted by molar-refractivity contribution is -0.387. The molecular weight excluding hydrogens is 372 g/mol. The van der Waals surface area contributed by atoms with E-state index in [1.165, 1.54) is 4.57 Å². The Balaban J connectivity index is 2.16. The van der Waals surface area contributed by atoms with Crippen molar-refractivity contribution in [3.63, 3.8) is 0 Å². The average Bonchev–Trinajstić information content (AvgIpc) is 2.85. The monoisotopic (exact) mass is 386 g/mol. The molecule has 0 fully saturated rings. The number of thiazole rings is 1. The van der Waals surface area contributed by atoms with Crippen LogP contribution in [0.25, 0.3) is 0 Å². The summed E-state index contributed by atoms with van der Waals surface area (Å²) in [5.74, 6) is -0.843. The summed E-state index contributed by atoms with van der Waals surface area (Å²) in [5, 5.41) is 12.7. The Kier molecular flexibility index (Phi) is 5.38. The molecule has 0 spiro atoms. The fourth-order valence-electron chi connectivity index (χ4n) is 2.09. The second-order valence-corrected chi connectivity index (χ2v) is 7.95. The highest BCUT2D eigenvalue weighted by atomic mass is 32.2. The number of esters is 1. The Morgan fingerprint density at radius 2 is 2.08 bits per heavy atom. The van der Waals surface area contributed by atoms with E-state index in [9.17, 15) is 28.1 Å². The first-order valence-electron chi connectivity index (χ1n) is 6.92. The van der Waals surface area contributed by atoms with Gasteiger partial charge in [0.05, 0.1) is 17.0 Å². The number of sulfone groups is 1. The number of ether oxygens (including phenoxy) is 1. The number of benzene rings is 1. The smallest absolute Gasteiger partial charge is 0.338 e. The second-order valence-electron chi connectivity index (χ2n) is 5.14. The van der Waals surface area contributed by atoms with Crippen molar-refractivity contribution in [3.8, 4) is 0 Å². The summed E-state index contributed by atoms with van der Waals surface area (Å²) in [7, 11) is -3.81. The lowest BCUT2D eigenvalue weighted by Crippen LogP contribution is -2.19. The Labute approximate surface area is 146 Å². The molecule has 11 heteroatoms. The Morgan fingerprint density at radius 3 is 2.60 bits per heavy atom. The molecule has 25 heavy (non-hydrogen) atoms. The summed E-state index contributed by atoms with van der Waals surface area (Å²) in [6.07, 6.45) is 0.842. The largest absolute Gasteiger partial charge is 0.460 e. The molecule has 1 aromatic heterocycles. The highest BCUT2D eigenvalue weighted by Crippen LogP contribution is 2.25. The maximum absolute atomic E-state index is 12.0. The van der Waals surface area contributed by atoms with Gasteiger partial charge in [-0.05, 0) is 19.1 Å². The summed E-state index contributed by atoms with van der Waals surface area (Å²) in [6, 6.07) is 3.01. The van der Waals surface area contributed by atoms with Crippen LogP contribution in [0, 0.1) is 17.0 Å². The standard InChI is InChI=1S/C14H14N2O7S2/c1-9-8-24-14(18)15(9)5-6-23-13(17)10-3-4-12(25(2,21)22)11(7-10)16(19)20/h3-4,7-8H,5-6H2,1-2H3. The van der Waals surface area contributed by atoms with Crippen LogP contribution in [0.3, 0.4) is 0 Å². The zero-order valence-corrected chi connectivity index (χ0v) is 14.9. The number of carbonyl (C=O) groups is 1. The van der Waals surface area contributed by atoms with E-state index in [1.807, 2.05) is 0 Å². The molecule has 0 N–H and O–H groups in total. The van der Waals surface area contributed by atoms with Gasteiger partial charge in [-0.15, -0.1) is 0 Å². The van der Waals surface area contributed by atoms with Gasteiger partial charge in [0, 0.05) is 23.4 Å². The molecule has 0 unspecified atom stereocenters. The SMILES string of the molecule is Cc1csc(=O)n1CCOC(=O)c1ccc(S(C)(=O)=O)c([N+](=O)[O-])c1. The third kappa shape index (κ3) is 4.31. The molecule has 0 bridgehead atoms. The van der Waals surface area contributed by atoms with Gasteiger partial charge in [0.2, 0.25) is 0 Å². The number of nitrogens with zero attached hydrogens (tertiary/aromatic N) is 2. The van der Waals surface area contributed by atoms with Crippen LogP contribution in [-0.4, -0.2) is 36.7 Å². The Morgan fingerprint density at radius 1 is 1.40 bits per heavy atom. The first-order chi connectivity index (χ1) is 11.6. The number of hydrogen-bond donors (Lipinski definition) is 0. The summed E-state index contributed by atoms with van der Waals surface area (Å²) < 4.78 is 29.6. The van der Waals surface area contributed by atoms with Crippen molar-refractivity contribution in [2.45, 2.75) is 18.4 Å². The lowest BCUT2D eigenvalue weighted by Gasteiger charge is -2.07. The molecule has 1 heterocycles. The van der Waals surface area contributed by atoms with Crippen molar-refractivity contribution < 1.29 is 22.9 Å². The third-order valence-corrected chi connectivity index (χ3v) is 5.34. The fourth-order valence-corrected chi connectivity index (χ4v) is 3.68. The first kappa shape index (κ1) is 18.8. The summed E-state index contributed by atoms with van der Waals surface area (Å²) in [4.78, 5) is 33.1. The zero-order chi connectivity index (χ0) is 18.8. The normalized spacial score (nSPS) is 11.3. The highest BCUT2D eigenvalue weighted by molar-refractivity contribution is 7.90. The van der Waals surface area contributed by atoms with Crippen molar-refractivity contribution in [3.05, 3.63) is 54.6 Å². The predicted octanol–water partition coefficient (Wildman–Crippen LogP) is 1.39. The summed E-state index contributed by atoms with van der Waals surface area (Å²) in [6.45, 7) is 1.80. The molecule has 2 rings (SSSR count). The van der Waals surface area contributed by atoms with Gasteiger partial charge in [-0.2, -0.15) is 0 Å². The van der Waals surface area contributed by atoms with Gasteiger partial charge in [0.15, 0.2) is 9.84 Å². The summed E-state index contributed by atoms with van der Waals surface area (Å²) in [5.41, 5.74) is -0.102.